The molecule has 0 atom stereocenters. The van der Waals surface area contributed by atoms with Gasteiger partial charge in [0.25, 0.3) is 0 Å². The molecule has 0 spiro atoms. The van der Waals surface area contributed by atoms with Crippen LogP contribution >= 0.6 is 0 Å². The smallest absolute Gasteiger partial charge is 0.356 e. The molecule has 0 aromatic carbocycles. The highest BCUT2D eigenvalue weighted by atomic mass is 16.4. The van der Waals surface area contributed by atoms with Crippen molar-refractivity contribution in [3.63, 3.8) is 0 Å². The van der Waals surface area contributed by atoms with E-state index in [1.807, 2.05) is 0 Å². The van der Waals surface area contributed by atoms with Gasteiger partial charge in [0.1, 0.15) is 6.33 Å². The number of aromatic carboxylic acids is 1. The zero-order valence-electron chi connectivity index (χ0n) is 7.45. The van der Waals surface area contributed by atoms with Gasteiger partial charge in [-0.05, 0) is 6.07 Å². The molecule has 2 aromatic heterocycles. The van der Waals surface area contributed by atoms with Gasteiger partial charge < -0.3 is 9.52 Å². The molecule has 15 heavy (non-hydrogen) atoms. The standard InChI is InChI=1S/C9H6N2O4/c12-4-6-1-2-8(15-6)11-3-7(9(13)14)10-5-11/h1-5H,(H,13,14). The number of nitrogens with zero attached hydrogens (tertiary/aromatic N) is 2. The Balaban J connectivity index is 2.36. The molecule has 1 N–H and O–H groups in total. The molecule has 0 fully saturated rings. The van der Waals surface area contributed by atoms with E-state index in [-0.39, 0.29) is 11.5 Å². The summed E-state index contributed by atoms with van der Waals surface area (Å²) in [6.07, 6.45) is 3.17. The van der Waals surface area contributed by atoms with Crippen LogP contribution in [0.4, 0.5) is 0 Å². The molecular formula is C9H6N2O4. The van der Waals surface area contributed by atoms with Crippen molar-refractivity contribution in [2.75, 3.05) is 0 Å². The van der Waals surface area contributed by atoms with Crippen LogP contribution in [0.2, 0.25) is 0 Å². The lowest BCUT2D eigenvalue weighted by Gasteiger charge is -1.93. The third-order valence-corrected chi connectivity index (χ3v) is 1.78. The fraction of sp³-hybridized carbons (Fsp3) is 0. The first-order valence-corrected chi connectivity index (χ1v) is 4.03. The molecule has 0 aliphatic rings. The van der Waals surface area contributed by atoms with E-state index in [1.54, 1.807) is 6.07 Å². The lowest BCUT2D eigenvalue weighted by Crippen LogP contribution is -1.95. The van der Waals surface area contributed by atoms with Crippen molar-refractivity contribution < 1.29 is 19.1 Å². The molecule has 2 heterocycles. The molecule has 0 amide bonds. The number of carbonyl (C=O) groups is 2. The maximum atomic E-state index is 10.5. The van der Waals surface area contributed by atoms with E-state index in [4.69, 9.17) is 9.52 Å². The van der Waals surface area contributed by atoms with Gasteiger partial charge in [0.15, 0.2) is 17.7 Å². The molecule has 76 valence electrons. The SMILES string of the molecule is O=Cc1ccc(-n2cnc(C(=O)O)c2)o1. The fourth-order valence-electron chi connectivity index (χ4n) is 1.10. The molecule has 0 unspecified atom stereocenters. The summed E-state index contributed by atoms with van der Waals surface area (Å²) in [5.74, 6) is -0.594. The minimum Gasteiger partial charge on any atom is -0.476 e. The summed E-state index contributed by atoms with van der Waals surface area (Å²) in [5, 5.41) is 8.63. The van der Waals surface area contributed by atoms with Crippen LogP contribution in [0.5, 0.6) is 0 Å². The van der Waals surface area contributed by atoms with Crippen LogP contribution in [0, 0.1) is 0 Å². The van der Waals surface area contributed by atoms with E-state index in [2.05, 4.69) is 4.98 Å². The number of carbonyl (C=O) groups excluding carboxylic acids is 1. The summed E-state index contributed by atoms with van der Waals surface area (Å²) in [7, 11) is 0. The summed E-state index contributed by atoms with van der Waals surface area (Å²) in [4.78, 5) is 24.5. The van der Waals surface area contributed by atoms with Crippen LogP contribution in [0.15, 0.2) is 29.1 Å². The molecule has 0 saturated heterocycles. The van der Waals surface area contributed by atoms with Gasteiger partial charge in [0.05, 0.1) is 0 Å². The van der Waals surface area contributed by atoms with Crippen molar-refractivity contribution in [2.24, 2.45) is 0 Å². The highest BCUT2D eigenvalue weighted by Gasteiger charge is 2.09. The first-order valence-electron chi connectivity index (χ1n) is 4.03. The van der Waals surface area contributed by atoms with Crippen molar-refractivity contribution in [1.82, 2.24) is 9.55 Å². The Bertz CT molecular complexity index is 512. The van der Waals surface area contributed by atoms with E-state index in [0.29, 0.717) is 12.2 Å². The number of carboxylic acid groups (broad SMARTS) is 1. The van der Waals surface area contributed by atoms with Crippen molar-refractivity contribution in [2.45, 2.75) is 0 Å². The second kappa shape index (κ2) is 3.41. The summed E-state index contributed by atoms with van der Waals surface area (Å²) >= 11 is 0. The van der Waals surface area contributed by atoms with E-state index in [1.165, 1.54) is 23.2 Å². The summed E-state index contributed by atoms with van der Waals surface area (Å²) < 4.78 is 6.46. The van der Waals surface area contributed by atoms with Crippen molar-refractivity contribution in [3.8, 4) is 5.88 Å². The molecule has 0 saturated carbocycles. The fourth-order valence-corrected chi connectivity index (χ4v) is 1.10. The zero-order chi connectivity index (χ0) is 10.8. The van der Waals surface area contributed by atoms with Gasteiger partial charge in [0.2, 0.25) is 5.88 Å². The Labute approximate surface area is 83.8 Å². The summed E-state index contributed by atoms with van der Waals surface area (Å²) in [6.45, 7) is 0. The summed E-state index contributed by atoms with van der Waals surface area (Å²) in [5.41, 5.74) is -0.0842. The molecule has 0 aliphatic heterocycles. The number of hydrogen-bond donors (Lipinski definition) is 1. The molecule has 6 heteroatoms. The van der Waals surface area contributed by atoms with Crippen LogP contribution in [-0.2, 0) is 0 Å². The van der Waals surface area contributed by atoms with Gasteiger partial charge in [-0.1, -0.05) is 0 Å². The van der Waals surface area contributed by atoms with Crippen molar-refractivity contribution in [3.05, 3.63) is 36.1 Å². The van der Waals surface area contributed by atoms with E-state index >= 15 is 0 Å². The van der Waals surface area contributed by atoms with Gasteiger partial charge >= 0.3 is 5.97 Å². The van der Waals surface area contributed by atoms with Crippen molar-refractivity contribution >= 4 is 12.3 Å². The number of imidazole rings is 1. The predicted molar refractivity (Wildman–Crippen MR) is 48.2 cm³/mol. The zero-order valence-corrected chi connectivity index (χ0v) is 7.45. The average Bonchev–Trinajstić information content (AvgIpc) is 2.86. The monoisotopic (exact) mass is 206 g/mol. The Kier molecular flexibility index (Phi) is 2.09. The van der Waals surface area contributed by atoms with Gasteiger partial charge in [-0.2, -0.15) is 0 Å². The quantitative estimate of drug-likeness (QED) is 0.756. The first kappa shape index (κ1) is 9.20. The largest absolute Gasteiger partial charge is 0.476 e. The Hall–Kier alpha value is -2.37. The maximum absolute atomic E-state index is 10.5. The second-order valence-electron chi connectivity index (χ2n) is 2.77. The van der Waals surface area contributed by atoms with E-state index in [9.17, 15) is 9.59 Å². The topological polar surface area (TPSA) is 85.3 Å². The molecular weight excluding hydrogens is 200 g/mol. The number of rotatable bonds is 3. The Morgan fingerprint density at radius 1 is 1.53 bits per heavy atom. The van der Waals surface area contributed by atoms with Crippen LogP contribution in [0.25, 0.3) is 5.88 Å². The van der Waals surface area contributed by atoms with Gasteiger partial charge in [-0.15, -0.1) is 0 Å². The molecule has 2 aromatic rings. The molecule has 2 rings (SSSR count). The van der Waals surface area contributed by atoms with Gasteiger partial charge in [0, 0.05) is 12.3 Å². The normalized spacial score (nSPS) is 10.1. The third kappa shape index (κ3) is 1.64. The van der Waals surface area contributed by atoms with Crippen LogP contribution in [-0.4, -0.2) is 26.9 Å². The van der Waals surface area contributed by atoms with Crippen LogP contribution in [0.1, 0.15) is 21.0 Å². The number of aromatic nitrogens is 2. The lowest BCUT2D eigenvalue weighted by molar-refractivity contribution is 0.0691. The van der Waals surface area contributed by atoms with Crippen LogP contribution < -0.4 is 0 Å². The molecule has 0 aliphatic carbocycles. The molecule has 0 bridgehead atoms. The first-order chi connectivity index (χ1) is 7.20. The molecule has 0 radical (unpaired) electrons. The number of aldehydes is 1. The lowest BCUT2D eigenvalue weighted by atomic mass is 10.5. The Morgan fingerprint density at radius 3 is 2.87 bits per heavy atom. The van der Waals surface area contributed by atoms with Gasteiger partial charge in [-0.3, -0.25) is 9.36 Å². The highest BCUT2D eigenvalue weighted by molar-refractivity contribution is 5.85. The second-order valence-corrected chi connectivity index (χ2v) is 2.77. The minimum absolute atomic E-state index is 0.0842. The van der Waals surface area contributed by atoms with Crippen molar-refractivity contribution in [1.29, 1.82) is 0 Å². The Morgan fingerprint density at radius 2 is 2.33 bits per heavy atom. The van der Waals surface area contributed by atoms with Gasteiger partial charge in [-0.25, -0.2) is 9.78 Å². The number of carboxylic acids is 1. The number of furan rings is 1. The van der Waals surface area contributed by atoms with E-state index in [0.717, 1.165) is 0 Å². The van der Waals surface area contributed by atoms with E-state index < -0.39 is 5.97 Å². The number of hydrogen-bond acceptors (Lipinski definition) is 4. The summed E-state index contributed by atoms with van der Waals surface area (Å²) in [6, 6.07) is 3.04. The van der Waals surface area contributed by atoms with Crippen LogP contribution in [0.3, 0.4) is 0 Å². The third-order valence-electron chi connectivity index (χ3n) is 1.78. The molecule has 6 nitrogen and oxygen atoms in total. The highest BCUT2D eigenvalue weighted by Crippen LogP contribution is 2.12. The minimum atomic E-state index is -1.11. The predicted octanol–water partition coefficient (Wildman–Crippen LogP) is 0.976. The average molecular weight is 206 g/mol. The maximum Gasteiger partial charge on any atom is 0.356 e.